The van der Waals surface area contributed by atoms with Gasteiger partial charge in [-0.15, -0.1) is 0 Å². The molecule has 0 aliphatic carbocycles. The molecule has 0 saturated heterocycles. The van der Waals surface area contributed by atoms with E-state index in [-0.39, 0.29) is 24.1 Å². The predicted molar refractivity (Wildman–Crippen MR) is 134 cm³/mol. The molecule has 5 rings (SSSR count). The molecule has 11 nitrogen and oxygen atoms in total. The van der Waals surface area contributed by atoms with Gasteiger partial charge in [-0.2, -0.15) is 5.10 Å². The Morgan fingerprint density at radius 1 is 1.08 bits per heavy atom. The highest BCUT2D eigenvalue weighted by atomic mass is 16.5. The van der Waals surface area contributed by atoms with Crippen molar-refractivity contribution in [1.29, 1.82) is 0 Å². The van der Waals surface area contributed by atoms with Crippen molar-refractivity contribution in [2.45, 2.75) is 12.5 Å². The van der Waals surface area contributed by atoms with Gasteiger partial charge in [0.2, 0.25) is 0 Å². The van der Waals surface area contributed by atoms with E-state index in [1.54, 1.807) is 44.6 Å². The van der Waals surface area contributed by atoms with E-state index < -0.39 is 11.9 Å². The Morgan fingerprint density at radius 3 is 2.65 bits per heavy atom. The van der Waals surface area contributed by atoms with Crippen LogP contribution in [0.5, 0.6) is 5.75 Å². The third kappa shape index (κ3) is 5.20. The van der Waals surface area contributed by atoms with E-state index in [2.05, 4.69) is 20.9 Å². The van der Waals surface area contributed by atoms with Gasteiger partial charge in [-0.3, -0.25) is 19.1 Å². The Balaban J connectivity index is 1.26. The first-order valence-corrected chi connectivity index (χ1v) is 11.5. The summed E-state index contributed by atoms with van der Waals surface area (Å²) in [6.07, 6.45) is 3.55. The minimum atomic E-state index is -0.951. The van der Waals surface area contributed by atoms with Gasteiger partial charge in [0, 0.05) is 38.5 Å². The zero-order valence-electron chi connectivity index (χ0n) is 20.2. The molecule has 0 fully saturated rings. The molecule has 37 heavy (non-hydrogen) atoms. The van der Waals surface area contributed by atoms with Crippen LogP contribution < -0.4 is 20.3 Å². The van der Waals surface area contributed by atoms with Crippen LogP contribution in [0.25, 0.3) is 0 Å². The van der Waals surface area contributed by atoms with Crippen molar-refractivity contribution in [1.82, 2.24) is 20.3 Å². The van der Waals surface area contributed by atoms with Gasteiger partial charge in [0.25, 0.3) is 17.7 Å². The van der Waals surface area contributed by atoms with Crippen LogP contribution in [0.15, 0.2) is 71.5 Å². The largest absolute Gasteiger partial charge is 0.489 e. The van der Waals surface area contributed by atoms with E-state index >= 15 is 0 Å². The predicted octanol–water partition coefficient (Wildman–Crippen LogP) is 2.40. The minimum absolute atomic E-state index is 0.0714. The third-order valence-electron chi connectivity index (χ3n) is 5.90. The summed E-state index contributed by atoms with van der Waals surface area (Å²) in [5, 5.41) is 13.3. The topological polar surface area (TPSA) is 132 Å². The SMILES string of the molecule is CN1C(=O)[C@@H](NC(=O)c2cc(Cc3ccccc3)on2)COc2ccc(NC(=O)c3cnn(C)c3)cc21. The maximum atomic E-state index is 13.2. The molecule has 0 radical (unpaired) electrons. The summed E-state index contributed by atoms with van der Waals surface area (Å²) in [5.74, 6) is -0.283. The number of rotatable bonds is 6. The van der Waals surface area contributed by atoms with Crippen molar-refractivity contribution in [2.75, 3.05) is 23.9 Å². The molecule has 0 unspecified atom stereocenters. The van der Waals surface area contributed by atoms with Crippen LogP contribution in [0, 0.1) is 0 Å². The number of anilines is 2. The van der Waals surface area contributed by atoms with Crippen molar-refractivity contribution >= 4 is 29.1 Å². The van der Waals surface area contributed by atoms with E-state index in [4.69, 9.17) is 9.26 Å². The molecule has 188 valence electrons. The summed E-state index contributed by atoms with van der Waals surface area (Å²) < 4.78 is 12.7. The monoisotopic (exact) mass is 500 g/mol. The van der Waals surface area contributed by atoms with Crippen LogP contribution in [0.1, 0.15) is 32.2 Å². The molecule has 1 aliphatic heterocycles. The lowest BCUT2D eigenvalue weighted by molar-refractivity contribution is -0.120. The van der Waals surface area contributed by atoms with Gasteiger partial charge in [0.15, 0.2) is 5.69 Å². The lowest BCUT2D eigenvalue weighted by atomic mass is 10.1. The van der Waals surface area contributed by atoms with Gasteiger partial charge in [-0.25, -0.2) is 0 Å². The van der Waals surface area contributed by atoms with Gasteiger partial charge in [0.1, 0.15) is 24.2 Å². The van der Waals surface area contributed by atoms with E-state index in [0.29, 0.717) is 34.9 Å². The highest BCUT2D eigenvalue weighted by Crippen LogP contribution is 2.33. The molecule has 0 spiro atoms. The molecule has 4 aromatic rings. The van der Waals surface area contributed by atoms with Crippen LogP contribution >= 0.6 is 0 Å². The number of likely N-dealkylation sites (N-methyl/N-ethyl adjacent to an activating group) is 1. The quantitative estimate of drug-likeness (QED) is 0.416. The standard InChI is InChI=1S/C26H24N6O5/c1-31-14-17(13-27-31)24(33)28-18-8-9-23-22(11-18)32(2)26(35)21(15-36-23)29-25(34)20-12-19(37-30-20)10-16-6-4-3-5-7-16/h3-9,11-14,21H,10,15H2,1-2H3,(H,28,33)(H,29,34)/t21-/m0/s1. The average molecular weight is 501 g/mol. The summed E-state index contributed by atoms with van der Waals surface area (Å²) in [5.41, 5.74) is 2.43. The van der Waals surface area contributed by atoms with Crippen LogP contribution in [0.4, 0.5) is 11.4 Å². The zero-order valence-corrected chi connectivity index (χ0v) is 20.2. The maximum Gasteiger partial charge on any atom is 0.274 e. The molecule has 2 aromatic heterocycles. The lowest BCUT2D eigenvalue weighted by Gasteiger charge is -2.20. The fourth-order valence-electron chi connectivity index (χ4n) is 3.95. The van der Waals surface area contributed by atoms with Crippen molar-refractivity contribution in [3.8, 4) is 5.75 Å². The van der Waals surface area contributed by atoms with Gasteiger partial charge in [-0.1, -0.05) is 35.5 Å². The Hall–Kier alpha value is -4.93. The van der Waals surface area contributed by atoms with Crippen molar-refractivity contribution in [3.05, 3.63) is 89.6 Å². The number of amides is 3. The fourth-order valence-corrected chi connectivity index (χ4v) is 3.95. The number of benzene rings is 2. The first-order valence-electron chi connectivity index (χ1n) is 11.5. The number of aryl methyl sites for hydroxylation is 1. The Labute approximate surface area is 212 Å². The number of aromatic nitrogens is 3. The molecular weight excluding hydrogens is 476 g/mol. The second-order valence-electron chi connectivity index (χ2n) is 8.61. The number of fused-ring (bicyclic) bond motifs is 1. The molecular formula is C26H24N6O5. The summed E-state index contributed by atoms with van der Waals surface area (Å²) in [4.78, 5) is 39.9. The van der Waals surface area contributed by atoms with Gasteiger partial charge in [-0.05, 0) is 23.8 Å². The third-order valence-corrected chi connectivity index (χ3v) is 5.90. The molecule has 1 aliphatic rings. The van der Waals surface area contributed by atoms with Crippen LogP contribution in [0.2, 0.25) is 0 Å². The van der Waals surface area contributed by atoms with E-state index in [1.165, 1.54) is 15.8 Å². The summed E-state index contributed by atoms with van der Waals surface area (Å²) in [6, 6.07) is 15.2. The summed E-state index contributed by atoms with van der Waals surface area (Å²) in [7, 11) is 3.30. The fraction of sp³-hybridized carbons (Fsp3) is 0.192. The number of ether oxygens (including phenoxy) is 1. The Kier molecular flexibility index (Phi) is 6.42. The zero-order chi connectivity index (χ0) is 25.9. The highest BCUT2D eigenvalue weighted by molar-refractivity contribution is 6.06. The summed E-state index contributed by atoms with van der Waals surface area (Å²) >= 11 is 0. The molecule has 3 amide bonds. The molecule has 0 bridgehead atoms. The smallest absolute Gasteiger partial charge is 0.274 e. The van der Waals surface area contributed by atoms with Crippen molar-refractivity contribution in [3.63, 3.8) is 0 Å². The van der Waals surface area contributed by atoms with Crippen molar-refractivity contribution in [2.24, 2.45) is 7.05 Å². The summed E-state index contributed by atoms with van der Waals surface area (Å²) in [6.45, 7) is -0.0714. The van der Waals surface area contributed by atoms with E-state index in [9.17, 15) is 14.4 Å². The first kappa shape index (κ1) is 23.8. The Bertz CT molecular complexity index is 1460. The average Bonchev–Trinajstić information content (AvgIpc) is 3.53. The number of hydrogen-bond acceptors (Lipinski definition) is 7. The van der Waals surface area contributed by atoms with Gasteiger partial charge < -0.3 is 24.8 Å². The lowest BCUT2D eigenvalue weighted by Crippen LogP contribution is -2.49. The molecule has 0 saturated carbocycles. The molecule has 2 aromatic carbocycles. The van der Waals surface area contributed by atoms with Crippen molar-refractivity contribution < 1.29 is 23.6 Å². The normalized spacial score (nSPS) is 14.9. The number of nitrogens with one attached hydrogen (secondary N) is 2. The Morgan fingerprint density at radius 2 is 1.89 bits per heavy atom. The van der Waals surface area contributed by atoms with Crippen LogP contribution in [0.3, 0.4) is 0 Å². The number of carbonyl (C=O) groups is 3. The molecule has 3 heterocycles. The molecule has 2 N–H and O–H groups in total. The molecule has 1 atom stereocenters. The highest BCUT2D eigenvalue weighted by Gasteiger charge is 2.31. The minimum Gasteiger partial charge on any atom is -0.489 e. The van der Waals surface area contributed by atoms with Gasteiger partial charge >= 0.3 is 0 Å². The first-order chi connectivity index (χ1) is 17.9. The second-order valence-corrected chi connectivity index (χ2v) is 8.61. The van der Waals surface area contributed by atoms with E-state index in [1.807, 2.05) is 30.3 Å². The van der Waals surface area contributed by atoms with Gasteiger partial charge in [0.05, 0.1) is 17.4 Å². The number of carbonyl (C=O) groups excluding carboxylic acids is 3. The second kappa shape index (κ2) is 9.97. The van der Waals surface area contributed by atoms with Crippen LogP contribution in [-0.4, -0.2) is 52.4 Å². The van der Waals surface area contributed by atoms with Crippen LogP contribution in [-0.2, 0) is 18.3 Å². The van der Waals surface area contributed by atoms with E-state index in [0.717, 1.165) is 5.56 Å². The number of hydrogen-bond donors (Lipinski definition) is 2. The maximum absolute atomic E-state index is 13.2. The number of nitrogens with zero attached hydrogens (tertiary/aromatic N) is 4. The molecule has 11 heteroatoms.